The number of rotatable bonds is 3. The van der Waals surface area contributed by atoms with Crippen molar-refractivity contribution in [3.8, 4) is 5.75 Å². The number of nitrogens with zero attached hydrogens (tertiary/aromatic N) is 3. The number of hydrogen-bond acceptors (Lipinski definition) is 5. The standard InChI is InChI=1S/C16H21N3O4S2/c1-18-13-7-6-12(23-2)9-14(13)24-16(18)17-15(20)11-5-4-8-19(10-11)25(3,21)22/h6-7,9,11H,4-5,8,10H2,1-3H3. The van der Waals surface area contributed by atoms with E-state index in [2.05, 4.69) is 4.99 Å². The van der Waals surface area contributed by atoms with Gasteiger partial charge in [-0.2, -0.15) is 4.99 Å². The SMILES string of the molecule is COc1ccc2c(c1)sc(=NC(=O)C1CCCN(S(C)(=O)=O)C1)n2C. The molecule has 1 aromatic heterocycles. The number of sulfonamides is 1. The van der Waals surface area contributed by atoms with E-state index in [0.717, 1.165) is 16.0 Å². The minimum Gasteiger partial charge on any atom is -0.497 e. The van der Waals surface area contributed by atoms with Crippen molar-refractivity contribution in [3.05, 3.63) is 23.0 Å². The molecule has 1 aliphatic heterocycles. The highest BCUT2D eigenvalue weighted by Crippen LogP contribution is 2.23. The number of hydrogen-bond donors (Lipinski definition) is 0. The number of methoxy groups -OCH3 is 1. The summed E-state index contributed by atoms with van der Waals surface area (Å²) in [5.74, 6) is 0.106. The van der Waals surface area contributed by atoms with Crippen LogP contribution in [0.15, 0.2) is 23.2 Å². The first kappa shape index (κ1) is 18.1. The normalized spacial score (nSPS) is 20.1. The number of piperidine rings is 1. The van der Waals surface area contributed by atoms with E-state index in [1.165, 1.54) is 21.9 Å². The highest BCUT2D eigenvalue weighted by atomic mass is 32.2. The third-order valence-electron chi connectivity index (χ3n) is 4.42. The molecular weight excluding hydrogens is 362 g/mol. The molecule has 0 bridgehead atoms. The maximum absolute atomic E-state index is 12.6. The second-order valence-corrected chi connectivity index (χ2v) is 9.18. The van der Waals surface area contributed by atoms with Crippen LogP contribution in [0.1, 0.15) is 12.8 Å². The molecule has 2 heterocycles. The minimum absolute atomic E-state index is 0.212. The van der Waals surface area contributed by atoms with Crippen molar-refractivity contribution in [1.29, 1.82) is 0 Å². The van der Waals surface area contributed by atoms with Crippen LogP contribution in [0.4, 0.5) is 0 Å². The topological polar surface area (TPSA) is 81.0 Å². The van der Waals surface area contributed by atoms with Crippen LogP contribution < -0.4 is 9.54 Å². The summed E-state index contributed by atoms with van der Waals surface area (Å²) in [7, 11) is 0.195. The maximum Gasteiger partial charge on any atom is 0.252 e. The first-order valence-electron chi connectivity index (χ1n) is 7.97. The number of benzene rings is 1. The Hall–Kier alpha value is -1.71. The fraction of sp³-hybridized carbons (Fsp3) is 0.500. The third-order valence-corrected chi connectivity index (χ3v) is 6.79. The van der Waals surface area contributed by atoms with E-state index in [4.69, 9.17) is 4.74 Å². The molecule has 1 fully saturated rings. The van der Waals surface area contributed by atoms with Gasteiger partial charge in [-0.3, -0.25) is 4.79 Å². The van der Waals surface area contributed by atoms with Crippen molar-refractivity contribution in [3.63, 3.8) is 0 Å². The Bertz CT molecular complexity index is 975. The van der Waals surface area contributed by atoms with Gasteiger partial charge in [-0.15, -0.1) is 0 Å². The van der Waals surface area contributed by atoms with Crippen LogP contribution in [-0.2, 0) is 21.9 Å². The van der Waals surface area contributed by atoms with Gasteiger partial charge < -0.3 is 9.30 Å². The lowest BCUT2D eigenvalue weighted by molar-refractivity contribution is -0.122. The molecule has 3 rings (SSSR count). The Labute approximate surface area is 150 Å². The zero-order valence-electron chi connectivity index (χ0n) is 14.4. The highest BCUT2D eigenvalue weighted by molar-refractivity contribution is 7.88. The number of aryl methyl sites for hydroxylation is 1. The van der Waals surface area contributed by atoms with E-state index in [9.17, 15) is 13.2 Å². The second-order valence-electron chi connectivity index (χ2n) is 6.19. The zero-order chi connectivity index (χ0) is 18.2. The van der Waals surface area contributed by atoms with Gasteiger partial charge in [0.05, 0.1) is 29.5 Å². The Kier molecular flexibility index (Phi) is 4.99. The van der Waals surface area contributed by atoms with E-state index in [1.54, 1.807) is 7.11 Å². The van der Waals surface area contributed by atoms with E-state index >= 15 is 0 Å². The molecule has 9 heteroatoms. The molecule has 1 amide bonds. The quantitative estimate of drug-likeness (QED) is 0.801. The van der Waals surface area contributed by atoms with Crippen molar-refractivity contribution >= 4 is 37.5 Å². The van der Waals surface area contributed by atoms with Crippen LogP contribution in [0.25, 0.3) is 10.2 Å². The van der Waals surface area contributed by atoms with Crippen molar-refractivity contribution < 1.29 is 17.9 Å². The zero-order valence-corrected chi connectivity index (χ0v) is 16.1. The van der Waals surface area contributed by atoms with Crippen molar-refractivity contribution in [2.24, 2.45) is 18.0 Å². The first-order valence-corrected chi connectivity index (χ1v) is 10.6. The lowest BCUT2D eigenvalue weighted by Gasteiger charge is -2.28. The number of fused-ring (bicyclic) bond motifs is 1. The van der Waals surface area contributed by atoms with Crippen LogP contribution in [0.3, 0.4) is 0 Å². The molecule has 0 aliphatic carbocycles. The molecule has 1 aliphatic rings. The molecule has 0 N–H and O–H groups in total. The largest absolute Gasteiger partial charge is 0.497 e. The number of aromatic nitrogens is 1. The summed E-state index contributed by atoms with van der Waals surface area (Å²) >= 11 is 1.42. The molecule has 136 valence electrons. The van der Waals surface area contributed by atoms with Crippen LogP contribution in [0.5, 0.6) is 5.75 Å². The fourth-order valence-corrected chi connectivity index (χ4v) is 4.94. The second kappa shape index (κ2) is 6.89. The van der Waals surface area contributed by atoms with Crippen LogP contribution in [-0.4, -0.2) is 49.7 Å². The molecule has 1 saturated heterocycles. The Morgan fingerprint density at radius 1 is 1.40 bits per heavy atom. The van der Waals surface area contributed by atoms with Gasteiger partial charge in [0.25, 0.3) is 5.91 Å². The van der Waals surface area contributed by atoms with Crippen molar-refractivity contribution in [1.82, 2.24) is 8.87 Å². The molecule has 25 heavy (non-hydrogen) atoms. The average molecular weight is 383 g/mol. The van der Waals surface area contributed by atoms with Gasteiger partial charge in [-0.1, -0.05) is 11.3 Å². The van der Waals surface area contributed by atoms with Gasteiger partial charge in [0.1, 0.15) is 5.75 Å². The monoisotopic (exact) mass is 383 g/mol. The summed E-state index contributed by atoms with van der Waals surface area (Å²) in [6.07, 6.45) is 2.52. The molecular formula is C16H21N3O4S2. The molecule has 1 aromatic carbocycles. The first-order chi connectivity index (χ1) is 11.8. The highest BCUT2D eigenvalue weighted by Gasteiger charge is 2.30. The van der Waals surface area contributed by atoms with Crippen molar-refractivity contribution in [2.75, 3.05) is 26.5 Å². The summed E-state index contributed by atoms with van der Waals surface area (Å²) in [5, 5.41) is 0. The van der Waals surface area contributed by atoms with Gasteiger partial charge >= 0.3 is 0 Å². The summed E-state index contributed by atoms with van der Waals surface area (Å²) in [5.41, 5.74) is 0.971. The summed E-state index contributed by atoms with van der Waals surface area (Å²) in [6.45, 7) is 0.683. The Morgan fingerprint density at radius 2 is 2.16 bits per heavy atom. The van der Waals surface area contributed by atoms with Gasteiger partial charge in [-0.05, 0) is 31.0 Å². The molecule has 0 saturated carbocycles. The number of carbonyl (C=O) groups is 1. The minimum atomic E-state index is -3.28. The smallest absolute Gasteiger partial charge is 0.252 e. The van der Waals surface area contributed by atoms with Crippen LogP contribution in [0.2, 0.25) is 0 Å². The molecule has 0 spiro atoms. The lowest BCUT2D eigenvalue weighted by atomic mass is 9.99. The number of amides is 1. The Morgan fingerprint density at radius 3 is 2.84 bits per heavy atom. The van der Waals surface area contributed by atoms with E-state index < -0.39 is 10.0 Å². The van der Waals surface area contributed by atoms with Gasteiger partial charge in [0, 0.05) is 20.1 Å². The Balaban J connectivity index is 1.91. The van der Waals surface area contributed by atoms with Gasteiger partial charge in [-0.25, -0.2) is 12.7 Å². The molecule has 1 atom stereocenters. The van der Waals surface area contributed by atoms with E-state index in [0.29, 0.717) is 24.2 Å². The number of carbonyl (C=O) groups excluding carboxylic acids is 1. The van der Waals surface area contributed by atoms with E-state index in [1.807, 2.05) is 29.8 Å². The third kappa shape index (κ3) is 3.78. The number of thiazole rings is 1. The molecule has 7 nitrogen and oxygen atoms in total. The molecule has 1 unspecified atom stereocenters. The average Bonchev–Trinajstić information content (AvgIpc) is 2.89. The lowest BCUT2D eigenvalue weighted by Crippen LogP contribution is -2.41. The molecule has 2 aromatic rings. The van der Waals surface area contributed by atoms with Crippen LogP contribution >= 0.6 is 11.3 Å². The predicted octanol–water partition coefficient (Wildman–Crippen LogP) is 1.35. The van der Waals surface area contributed by atoms with Crippen LogP contribution in [0, 0.1) is 5.92 Å². The van der Waals surface area contributed by atoms with Gasteiger partial charge in [0.2, 0.25) is 10.0 Å². The summed E-state index contributed by atoms with van der Waals surface area (Å²) < 4.78 is 32.9. The summed E-state index contributed by atoms with van der Waals surface area (Å²) in [6, 6.07) is 5.71. The number of ether oxygens (including phenoxy) is 1. The van der Waals surface area contributed by atoms with Gasteiger partial charge in [0.15, 0.2) is 4.80 Å². The van der Waals surface area contributed by atoms with Crippen molar-refractivity contribution in [2.45, 2.75) is 12.8 Å². The molecule has 0 radical (unpaired) electrons. The predicted molar refractivity (Wildman–Crippen MR) is 97.1 cm³/mol. The maximum atomic E-state index is 12.6. The summed E-state index contributed by atoms with van der Waals surface area (Å²) in [4.78, 5) is 17.4. The van der Waals surface area contributed by atoms with E-state index in [-0.39, 0.29) is 18.4 Å². The fourth-order valence-electron chi connectivity index (χ4n) is 2.98.